The fourth-order valence-corrected chi connectivity index (χ4v) is 8.16. The van der Waals surface area contributed by atoms with Crippen molar-refractivity contribution < 1.29 is 28.6 Å². The molecule has 1 atom stereocenters. The van der Waals surface area contributed by atoms with Crippen LogP contribution in [0.25, 0.3) is 0 Å². The maximum atomic E-state index is 12.8. The molecule has 0 rings (SSSR count). The molecular formula is C61H108O6. The topological polar surface area (TPSA) is 78.9 Å². The van der Waals surface area contributed by atoms with Crippen molar-refractivity contribution >= 4 is 17.9 Å². The summed E-state index contributed by atoms with van der Waals surface area (Å²) in [6, 6.07) is 0. The molecule has 6 heteroatoms. The molecule has 0 spiro atoms. The summed E-state index contributed by atoms with van der Waals surface area (Å²) in [5.41, 5.74) is 0. The summed E-state index contributed by atoms with van der Waals surface area (Å²) in [4.78, 5) is 38.1. The third-order valence-electron chi connectivity index (χ3n) is 12.5. The van der Waals surface area contributed by atoms with Crippen LogP contribution in [0.2, 0.25) is 0 Å². The molecule has 0 aliphatic carbocycles. The van der Waals surface area contributed by atoms with Crippen LogP contribution in [0.15, 0.2) is 60.8 Å². The van der Waals surface area contributed by atoms with E-state index < -0.39 is 6.10 Å². The van der Waals surface area contributed by atoms with Gasteiger partial charge in [0.25, 0.3) is 0 Å². The summed E-state index contributed by atoms with van der Waals surface area (Å²) in [5, 5.41) is 0. The maximum Gasteiger partial charge on any atom is 0.306 e. The van der Waals surface area contributed by atoms with Gasteiger partial charge in [0, 0.05) is 19.3 Å². The third-order valence-corrected chi connectivity index (χ3v) is 12.5. The first kappa shape index (κ1) is 64.1. The van der Waals surface area contributed by atoms with Gasteiger partial charge in [-0.3, -0.25) is 14.4 Å². The number of hydrogen-bond donors (Lipinski definition) is 0. The Morgan fingerprint density at radius 1 is 0.313 bits per heavy atom. The van der Waals surface area contributed by atoms with Crippen LogP contribution in [0.5, 0.6) is 0 Å². The lowest BCUT2D eigenvalue weighted by atomic mass is 10.0. The van der Waals surface area contributed by atoms with Crippen LogP contribution >= 0.6 is 0 Å². The van der Waals surface area contributed by atoms with E-state index in [0.29, 0.717) is 12.8 Å². The number of carbonyl (C=O) groups excluding carboxylic acids is 3. The lowest BCUT2D eigenvalue weighted by Gasteiger charge is -2.18. The minimum Gasteiger partial charge on any atom is -0.462 e. The van der Waals surface area contributed by atoms with E-state index in [1.165, 1.54) is 173 Å². The predicted molar refractivity (Wildman–Crippen MR) is 288 cm³/mol. The first-order valence-corrected chi connectivity index (χ1v) is 28.8. The SMILES string of the molecule is CCCCCCCC/C=C\C/C=C\C/C=C\CCCC(=O)OCC(COC(=O)CCCCCCCCCCCCCCCCCC)OC(=O)CCCCC/C=C\C=C/CCCCCCCCC. The molecule has 0 aliphatic heterocycles. The van der Waals surface area contributed by atoms with Crippen molar-refractivity contribution in [1.29, 1.82) is 0 Å². The van der Waals surface area contributed by atoms with Crippen LogP contribution in [0.3, 0.4) is 0 Å². The van der Waals surface area contributed by atoms with Gasteiger partial charge in [0.1, 0.15) is 13.2 Å². The molecule has 0 saturated carbocycles. The molecule has 0 amide bonds. The molecule has 0 heterocycles. The first-order chi connectivity index (χ1) is 33.0. The normalized spacial score (nSPS) is 12.5. The van der Waals surface area contributed by atoms with Gasteiger partial charge in [-0.1, -0.05) is 255 Å². The summed E-state index contributed by atoms with van der Waals surface area (Å²) in [6.07, 6.45) is 69.3. The van der Waals surface area contributed by atoms with Crippen molar-refractivity contribution in [3.8, 4) is 0 Å². The fraction of sp³-hybridized carbons (Fsp3) is 0.787. The van der Waals surface area contributed by atoms with Gasteiger partial charge in [-0.15, -0.1) is 0 Å². The first-order valence-electron chi connectivity index (χ1n) is 28.8. The van der Waals surface area contributed by atoms with Gasteiger partial charge in [0.2, 0.25) is 0 Å². The average molecular weight is 938 g/mol. The smallest absolute Gasteiger partial charge is 0.306 e. The zero-order valence-electron chi connectivity index (χ0n) is 44.4. The van der Waals surface area contributed by atoms with E-state index in [9.17, 15) is 14.4 Å². The van der Waals surface area contributed by atoms with Crippen LogP contribution in [0, 0.1) is 0 Å². The van der Waals surface area contributed by atoms with Gasteiger partial charge in [-0.25, -0.2) is 0 Å². The number of hydrogen-bond acceptors (Lipinski definition) is 6. The van der Waals surface area contributed by atoms with E-state index in [1.54, 1.807) is 0 Å². The van der Waals surface area contributed by atoms with Crippen LogP contribution in [-0.4, -0.2) is 37.2 Å². The van der Waals surface area contributed by atoms with E-state index >= 15 is 0 Å². The summed E-state index contributed by atoms with van der Waals surface area (Å²) < 4.78 is 16.8. The molecule has 0 aliphatic rings. The Bertz CT molecular complexity index is 1210. The van der Waals surface area contributed by atoms with E-state index in [-0.39, 0.29) is 44.0 Å². The highest BCUT2D eigenvalue weighted by Crippen LogP contribution is 2.16. The Morgan fingerprint density at radius 3 is 1.00 bits per heavy atom. The molecule has 0 aromatic rings. The molecular weight excluding hydrogens is 829 g/mol. The number of unbranched alkanes of at least 4 members (excludes halogenated alkanes) is 32. The van der Waals surface area contributed by atoms with Gasteiger partial charge in [0.05, 0.1) is 0 Å². The molecule has 0 N–H and O–H groups in total. The molecule has 0 aromatic heterocycles. The van der Waals surface area contributed by atoms with E-state index in [2.05, 4.69) is 81.5 Å². The Balaban J connectivity index is 4.47. The lowest BCUT2D eigenvalue weighted by molar-refractivity contribution is -0.167. The highest BCUT2D eigenvalue weighted by molar-refractivity contribution is 5.71. The van der Waals surface area contributed by atoms with Gasteiger partial charge in [-0.2, -0.15) is 0 Å². The number of carbonyl (C=O) groups is 3. The van der Waals surface area contributed by atoms with E-state index in [0.717, 1.165) is 70.6 Å². The third kappa shape index (κ3) is 53.9. The molecule has 67 heavy (non-hydrogen) atoms. The fourth-order valence-electron chi connectivity index (χ4n) is 8.16. The maximum absolute atomic E-state index is 12.8. The van der Waals surface area contributed by atoms with Crippen molar-refractivity contribution in [2.45, 2.75) is 297 Å². The van der Waals surface area contributed by atoms with Crippen LogP contribution < -0.4 is 0 Å². The zero-order valence-corrected chi connectivity index (χ0v) is 44.4. The van der Waals surface area contributed by atoms with E-state index in [1.807, 2.05) is 0 Å². The van der Waals surface area contributed by atoms with Crippen molar-refractivity contribution in [3.05, 3.63) is 60.8 Å². The molecule has 0 bridgehead atoms. The Kier molecular flexibility index (Phi) is 53.3. The van der Waals surface area contributed by atoms with Crippen LogP contribution in [0.4, 0.5) is 0 Å². The molecule has 0 radical (unpaired) electrons. The Morgan fingerprint density at radius 2 is 0.597 bits per heavy atom. The standard InChI is InChI=1S/C61H108O6/c1-4-7-10-13-16-19-22-25-28-31-34-36-39-42-45-48-51-54-60(63)66-57-58(67-61(64)55-52-49-46-43-40-37-33-30-27-24-21-18-15-12-9-6-3)56-65-59(62)53-50-47-44-41-38-35-32-29-26-23-20-17-14-11-8-5-2/h25,28,30,33-34,36-37,40,42,45,58H,4-24,26-27,29,31-32,35,38-39,41,43-44,46-57H2,1-3H3/b28-25-,33-30-,36-34-,40-37-,45-42-. The number of ether oxygens (including phenoxy) is 3. The number of esters is 3. The second kappa shape index (κ2) is 55.7. The van der Waals surface area contributed by atoms with Crippen LogP contribution in [-0.2, 0) is 28.6 Å². The largest absolute Gasteiger partial charge is 0.462 e. The van der Waals surface area contributed by atoms with Crippen molar-refractivity contribution in [2.24, 2.45) is 0 Å². The van der Waals surface area contributed by atoms with Gasteiger partial charge in [-0.05, 0) is 77.0 Å². The molecule has 388 valence electrons. The quantitative estimate of drug-likeness (QED) is 0.0199. The molecule has 0 fully saturated rings. The van der Waals surface area contributed by atoms with Gasteiger partial charge >= 0.3 is 17.9 Å². The Labute approximate surface area is 415 Å². The van der Waals surface area contributed by atoms with E-state index in [4.69, 9.17) is 14.2 Å². The molecule has 0 aromatic carbocycles. The monoisotopic (exact) mass is 937 g/mol. The lowest BCUT2D eigenvalue weighted by Crippen LogP contribution is -2.30. The Hall–Kier alpha value is -2.89. The molecule has 6 nitrogen and oxygen atoms in total. The minimum absolute atomic E-state index is 0.0981. The van der Waals surface area contributed by atoms with Crippen molar-refractivity contribution in [3.63, 3.8) is 0 Å². The molecule has 0 saturated heterocycles. The van der Waals surface area contributed by atoms with Crippen molar-refractivity contribution in [1.82, 2.24) is 0 Å². The second-order valence-corrected chi connectivity index (χ2v) is 19.2. The number of allylic oxidation sites excluding steroid dienone is 10. The average Bonchev–Trinajstić information content (AvgIpc) is 3.33. The van der Waals surface area contributed by atoms with Crippen LogP contribution in [0.1, 0.15) is 290 Å². The van der Waals surface area contributed by atoms with Gasteiger partial charge in [0.15, 0.2) is 6.10 Å². The summed E-state index contributed by atoms with van der Waals surface area (Å²) in [6.45, 7) is 6.59. The highest BCUT2D eigenvalue weighted by atomic mass is 16.6. The summed E-state index contributed by atoms with van der Waals surface area (Å²) >= 11 is 0. The molecule has 1 unspecified atom stereocenters. The summed E-state index contributed by atoms with van der Waals surface area (Å²) in [5.74, 6) is -0.968. The second-order valence-electron chi connectivity index (χ2n) is 19.2. The summed E-state index contributed by atoms with van der Waals surface area (Å²) in [7, 11) is 0. The van der Waals surface area contributed by atoms with Crippen molar-refractivity contribution in [2.75, 3.05) is 13.2 Å². The van der Waals surface area contributed by atoms with Gasteiger partial charge < -0.3 is 14.2 Å². The minimum atomic E-state index is -0.806. The zero-order chi connectivity index (χ0) is 48.6. The number of rotatable bonds is 52. The predicted octanol–water partition coefficient (Wildman–Crippen LogP) is 19.2. The highest BCUT2D eigenvalue weighted by Gasteiger charge is 2.19.